The fourth-order valence-electron chi connectivity index (χ4n) is 1.62. The zero-order valence-electron chi connectivity index (χ0n) is 11.1. The van der Waals surface area contributed by atoms with Crippen molar-refractivity contribution < 1.29 is 18.6 Å². The number of hydrogen-bond donors (Lipinski definition) is 1. The first-order chi connectivity index (χ1) is 9.69. The Morgan fingerprint density at radius 1 is 0.950 bits per heavy atom. The van der Waals surface area contributed by atoms with E-state index in [1.54, 1.807) is 31.4 Å². The first-order valence-corrected chi connectivity index (χ1v) is 6.14. The van der Waals surface area contributed by atoms with Gasteiger partial charge in [0.25, 0.3) is 0 Å². The molecule has 0 fully saturated rings. The van der Waals surface area contributed by atoms with E-state index in [4.69, 9.17) is 19.9 Å². The number of methoxy groups -OCH3 is 1. The molecule has 0 radical (unpaired) electrons. The van der Waals surface area contributed by atoms with E-state index < -0.39 is 0 Å². The second-order valence-electron chi connectivity index (χ2n) is 4.05. The van der Waals surface area contributed by atoms with Gasteiger partial charge >= 0.3 is 0 Å². The summed E-state index contributed by atoms with van der Waals surface area (Å²) in [5.74, 6) is 1.41. The number of benzene rings is 2. The van der Waals surface area contributed by atoms with Gasteiger partial charge in [0.15, 0.2) is 0 Å². The van der Waals surface area contributed by atoms with Crippen LogP contribution in [-0.4, -0.2) is 20.3 Å². The van der Waals surface area contributed by atoms with Gasteiger partial charge in [-0.1, -0.05) is 0 Å². The molecule has 0 heterocycles. The lowest BCUT2D eigenvalue weighted by molar-refractivity contribution is 0.217. The molecule has 106 valence electrons. The van der Waals surface area contributed by atoms with Gasteiger partial charge in [0.2, 0.25) is 0 Å². The molecule has 2 aromatic carbocycles. The lowest BCUT2D eigenvalue weighted by Gasteiger charge is -2.10. The normalized spacial score (nSPS) is 10.1. The summed E-state index contributed by atoms with van der Waals surface area (Å²) in [5.41, 5.74) is 6.07. The van der Waals surface area contributed by atoms with Gasteiger partial charge in [0.05, 0.1) is 12.8 Å². The van der Waals surface area contributed by atoms with Crippen molar-refractivity contribution in [1.82, 2.24) is 0 Å². The zero-order valence-corrected chi connectivity index (χ0v) is 11.1. The van der Waals surface area contributed by atoms with Crippen molar-refractivity contribution >= 4 is 5.69 Å². The molecule has 0 spiro atoms. The van der Waals surface area contributed by atoms with Crippen molar-refractivity contribution in [1.29, 1.82) is 0 Å². The molecule has 0 saturated heterocycles. The molecule has 0 aliphatic carbocycles. The van der Waals surface area contributed by atoms with Gasteiger partial charge in [0, 0.05) is 6.07 Å². The first kappa shape index (κ1) is 14.0. The van der Waals surface area contributed by atoms with Crippen LogP contribution in [0.1, 0.15) is 0 Å². The highest BCUT2D eigenvalue weighted by molar-refractivity contribution is 5.52. The highest BCUT2D eigenvalue weighted by Crippen LogP contribution is 2.22. The molecule has 0 aromatic heterocycles. The van der Waals surface area contributed by atoms with E-state index in [2.05, 4.69) is 0 Å². The Labute approximate surface area is 116 Å². The monoisotopic (exact) mass is 277 g/mol. The van der Waals surface area contributed by atoms with Gasteiger partial charge < -0.3 is 19.9 Å². The lowest BCUT2D eigenvalue weighted by Crippen LogP contribution is -2.10. The Hall–Kier alpha value is -2.43. The van der Waals surface area contributed by atoms with E-state index in [9.17, 15) is 4.39 Å². The molecule has 0 aliphatic rings. The Balaban J connectivity index is 1.79. The van der Waals surface area contributed by atoms with Crippen LogP contribution in [0.2, 0.25) is 0 Å². The summed E-state index contributed by atoms with van der Waals surface area (Å²) in [7, 11) is 1.60. The summed E-state index contributed by atoms with van der Waals surface area (Å²) in [4.78, 5) is 0. The van der Waals surface area contributed by atoms with Crippen LogP contribution in [0.25, 0.3) is 0 Å². The van der Waals surface area contributed by atoms with E-state index >= 15 is 0 Å². The van der Waals surface area contributed by atoms with Gasteiger partial charge in [-0.2, -0.15) is 0 Å². The minimum atomic E-state index is -0.384. The molecule has 0 unspecified atom stereocenters. The van der Waals surface area contributed by atoms with E-state index in [1.165, 1.54) is 18.2 Å². The van der Waals surface area contributed by atoms with Crippen LogP contribution in [0.15, 0.2) is 42.5 Å². The summed E-state index contributed by atoms with van der Waals surface area (Å²) in [6.45, 7) is 0.613. The van der Waals surface area contributed by atoms with Gasteiger partial charge in [-0.25, -0.2) is 4.39 Å². The predicted octanol–water partition coefficient (Wildman–Crippen LogP) is 2.87. The molecule has 2 N–H and O–H groups in total. The minimum Gasteiger partial charge on any atom is -0.497 e. The largest absolute Gasteiger partial charge is 0.497 e. The molecule has 0 saturated carbocycles. The number of anilines is 1. The second-order valence-corrected chi connectivity index (χ2v) is 4.05. The summed E-state index contributed by atoms with van der Waals surface area (Å²) in [5, 5.41) is 0. The van der Waals surface area contributed by atoms with Gasteiger partial charge in [-0.15, -0.1) is 0 Å². The quantitative estimate of drug-likeness (QED) is 0.651. The fourth-order valence-corrected chi connectivity index (χ4v) is 1.62. The molecule has 0 aliphatic heterocycles. The summed E-state index contributed by atoms with van der Waals surface area (Å²) < 4.78 is 28.9. The number of hydrogen-bond acceptors (Lipinski definition) is 4. The molecular formula is C15H16FNO3. The number of nitrogen functional groups attached to an aromatic ring is 1. The number of rotatable bonds is 6. The number of ether oxygens (including phenoxy) is 3. The van der Waals surface area contributed by atoms with Crippen molar-refractivity contribution in [3.8, 4) is 17.2 Å². The van der Waals surface area contributed by atoms with E-state index in [0.29, 0.717) is 23.8 Å². The Morgan fingerprint density at radius 2 is 1.60 bits per heavy atom. The summed E-state index contributed by atoms with van der Waals surface area (Å²) in [6, 6.07) is 11.2. The predicted molar refractivity (Wildman–Crippen MR) is 74.8 cm³/mol. The maximum atomic E-state index is 13.0. The van der Waals surface area contributed by atoms with Gasteiger partial charge in [0.1, 0.15) is 36.3 Å². The number of nitrogens with two attached hydrogens (primary N) is 1. The highest BCUT2D eigenvalue weighted by atomic mass is 19.1. The van der Waals surface area contributed by atoms with Crippen LogP contribution in [0.4, 0.5) is 10.1 Å². The van der Waals surface area contributed by atoms with Gasteiger partial charge in [-0.05, 0) is 36.4 Å². The lowest BCUT2D eigenvalue weighted by atomic mass is 10.3. The molecule has 0 amide bonds. The van der Waals surface area contributed by atoms with Crippen LogP contribution in [0.3, 0.4) is 0 Å². The Morgan fingerprint density at radius 3 is 2.30 bits per heavy atom. The highest BCUT2D eigenvalue weighted by Gasteiger charge is 2.02. The first-order valence-electron chi connectivity index (χ1n) is 6.14. The van der Waals surface area contributed by atoms with E-state index in [-0.39, 0.29) is 12.4 Å². The SMILES string of the molecule is COc1ccc(OCCOc2cc(F)ccc2N)cc1. The van der Waals surface area contributed by atoms with Crippen molar-refractivity contribution in [3.63, 3.8) is 0 Å². The Kier molecular flexibility index (Phi) is 4.65. The third-order valence-electron chi connectivity index (χ3n) is 2.64. The van der Waals surface area contributed by atoms with Crippen molar-refractivity contribution in [2.24, 2.45) is 0 Å². The molecule has 5 heteroatoms. The number of halogens is 1. The zero-order chi connectivity index (χ0) is 14.4. The average molecular weight is 277 g/mol. The standard InChI is InChI=1S/C15H16FNO3/c1-18-12-3-5-13(6-4-12)19-8-9-20-15-10-11(16)2-7-14(15)17/h2-7,10H,8-9,17H2,1H3. The van der Waals surface area contributed by atoms with Crippen molar-refractivity contribution in [2.45, 2.75) is 0 Å². The second kappa shape index (κ2) is 6.65. The summed E-state index contributed by atoms with van der Waals surface area (Å²) >= 11 is 0. The third kappa shape index (κ3) is 3.78. The van der Waals surface area contributed by atoms with E-state index in [0.717, 1.165) is 5.75 Å². The maximum absolute atomic E-state index is 13.0. The van der Waals surface area contributed by atoms with Crippen LogP contribution in [-0.2, 0) is 0 Å². The minimum absolute atomic E-state index is 0.277. The molecule has 20 heavy (non-hydrogen) atoms. The molecule has 4 nitrogen and oxygen atoms in total. The average Bonchev–Trinajstić information content (AvgIpc) is 2.47. The van der Waals surface area contributed by atoms with Gasteiger partial charge in [-0.3, -0.25) is 0 Å². The van der Waals surface area contributed by atoms with Crippen LogP contribution in [0.5, 0.6) is 17.2 Å². The Bertz CT molecular complexity index is 558. The van der Waals surface area contributed by atoms with Crippen molar-refractivity contribution in [2.75, 3.05) is 26.1 Å². The fraction of sp³-hybridized carbons (Fsp3) is 0.200. The molecular weight excluding hydrogens is 261 g/mol. The maximum Gasteiger partial charge on any atom is 0.145 e. The van der Waals surface area contributed by atoms with Crippen molar-refractivity contribution in [3.05, 3.63) is 48.3 Å². The van der Waals surface area contributed by atoms with Crippen LogP contribution < -0.4 is 19.9 Å². The third-order valence-corrected chi connectivity index (χ3v) is 2.64. The van der Waals surface area contributed by atoms with Crippen LogP contribution >= 0.6 is 0 Å². The smallest absolute Gasteiger partial charge is 0.145 e. The van der Waals surface area contributed by atoms with E-state index in [1.807, 2.05) is 0 Å². The molecule has 2 rings (SSSR count). The molecule has 2 aromatic rings. The topological polar surface area (TPSA) is 53.7 Å². The summed E-state index contributed by atoms with van der Waals surface area (Å²) in [6.07, 6.45) is 0. The van der Waals surface area contributed by atoms with Crippen LogP contribution in [0, 0.1) is 5.82 Å². The molecule has 0 bridgehead atoms. The molecule has 0 atom stereocenters.